The van der Waals surface area contributed by atoms with Crippen molar-refractivity contribution in [3.05, 3.63) is 64.2 Å². The molecule has 1 fully saturated rings. The first-order valence-corrected chi connectivity index (χ1v) is 13.0. The lowest BCUT2D eigenvalue weighted by Gasteiger charge is -2.43. The minimum absolute atomic E-state index is 0.0718. The predicted octanol–water partition coefficient (Wildman–Crippen LogP) is 4.70. The summed E-state index contributed by atoms with van der Waals surface area (Å²) in [7, 11) is -3.82. The first kappa shape index (κ1) is 27.4. The van der Waals surface area contributed by atoms with Crippen molar-refractivity contribution in [3.8, 4) is 0 Å². The second-order valence-electron chi connectivity index (χ2n) is 8.93. The molecule has 1 aliphatic heterocycles. The fourth-order valence-corrected chi connectivity index (χ4v) is 6.82. The van der Waals surface area contributed by atoms with E-state index in [0.29, 0.717) is 43.6 Å². The number of aliphatic carboxylic acids is 1. The molecule has 1 heterocycles. The zero-order valence-electron chi connectivity index (χ0n) is 19.4. The highest BCUT2D eigenvalue weighted by atomic mass is 35.5. The van der Waals surface area contributed by atoms with E-state index in [1.807, 2.05) is 13.8 Å². The molecule has 11 heteroatoms. The summed E-state index contributed by atoms with van der Waals surface area (Å²) in [4.78, 5) is 13.2. The van der Waals surface area contributed by atoms with E-state index in [2.05, 4.69) is 4.90 Å². The van der Waals surface area contributed by atoms with Crippen LogP contribution in [0.3, 0.4) is 0 Å². The third kappa shape index (κ3) is 6.75. The van der Waals surface area contributed by atoms with Crippen molar-refractivity contribution in [1.82, 2.24) is 9.21 Å². The summed E-state index contributed by atoms with van der Waals surface area (Å²) in [5.41, 5.74) is 0.281. The normalized spacial score (nSPS) is 20.2. The highest BCUT2D eigenvalue weighted by Crippen LogP contribution is 2.35. The maximum Gasteiger partial charge on any atom is 0.417 e. The monoisotopic (exact) mass is 532 g/mol. The molecule has 1 aliphatic rings. The van der Waals surface area contributed by atoms with E-state index in [1.54, 1.807) is 12.1 Å². The number of hydrogen-bond donors (Lipinski definition) is 1. The molecule has 0 saturated carbocycles. The Morgan fingerprint density at radius 1 is 1.09 bits per heavy atom. The molecule has 1 saturated heterocycles. The standard InChI is InChI=1S/C24H28ClF3N2O4S/c1-16-14-29(10-4-6-18-8-9-21(22(25)12-18)24(26,27)28)15-17(2)30(16)35(33,34)20-7-3-5-19(11-20)13-23(31)32/h3,5,7-9,11-12,16-17H,4,6,10,13-15H2,1-2H3,(H,31,32)/t16-,17+. The molecule has 2 aromatic rings. The summed E-state index contributed by atoms with van der Waals surface area (Å²) in [6.45, 7) is 5.33. The summed E-state index contributed by atoms with van der Waals surface area (Å²) >= 11 is 5.80. The number of halogens is 4. The van der Waals surface area contributed by atoms with Gasteiger partial charge in [-0.2, -0.15) is 17.5 Å². The summed E-state index contributed by atoms with van der Waals surface area (Å²) in [6, 6.07) is 9.16. The van der Waals surface area contributed by atoms with E-state index in [4.69, 9.17) is 16.7 Å². The lowest BCUT2D eigenvalue weighted by Crippen LogP contribution is -2.58. The quantitative estimate of drug-likeness (QED) is 0.533. The lowest BCUT2D eigenvalue weighted by molar-refractivity contribution is -0.138. The van der Waals surface area contributed by atoms with Crippen molar-refractivity contribution in [3.63, 3.8) is 0 Å². The Balaban J connectivity index is 1.62. The largest absolute Gasteiger partial charge is 0.481 e. The molecule has 0 amide bonds. The molecule has 192 valence electrons. The number of sulfonamides is 1. The van der Waals surface area contributed by atoms with Crippen molar-refractivity contribution < 1.29 is 31.5 Å². The average molecular weight is 533 g/mol. The van der Waals surface area contributed by atoms with Gasteiger partial charge in [0.15, 0.2) is 0 Å². The van der Waals surface area contributed by atoms with E-state index in [9.17, 15) is 26.4 Å². The molecule has 0 aliphatic carbocycles. The number of carboxylic acids is 1. The van der Waals surface area contributed by atoms with Gasteiger partial charge in [0, 0.05) is 25.2 Å². The van der Waals surface area contributed by atoms with Gasteiger partial charge < -0.3 is 10.0 Å². The van der Waals surface area contributed by atoms with Crippen LogP contribution in [0.25, 0.3) is 0 Å². The van der Waals surface area contributed by atoms with Crippen LogP contribution in [-0.2, 0) is 33.8 Å². The molecule has 0 aromatic heterocycles. The van der Waals surface area contributed by atoms with Crippen LogP contribution in [0.4, 0.5) is 13.2 Å². The van der Waals surface area contributed by atoms with E-state index >= 15 is 0 Å². The molecule has 2 aromatic carbocycles. The zero-order chi connectivity index (χ0) is 26.0. The second-order valence-corrected chi connectivity index (χ2v) is 11.2. The molecule has 0 unspecified atom stereocenters. The minimum Gasteiger partial charge on any atom is -0.481 e. The highest BCUT2D eigenvalue weighted by Gasteiger charge is 2.38. The molecule has 0 spiro atoms. The van der Waals surface area contributed by atoms with Crippen molar-refractivity contribution in [2.75, 3.05) is 19.6 Å². The first-order chi connectivity index (χ1) is 16.3. The highest BCUT2D eigenvalue weighted by molar-refractivity contribution is 7.89. The van der Waals surface area contributed by atoms with Crippen LogP contribution in [0.5, 0.6) is 0 Å². The van der Waals surface area contributed by atoms with Crippen molar-refractivity contribution >= 4 is 27.6 Å². The number of rotatable bonds is 8. The second kappa shape index (κ2) is 10.9. The first-order valence-electron chi connectivity index (χ1n) is 11.2. The minimum atomic E-state index is -4.49. The van der Waals surface area contributed by atoms with Crippen molar-refractivity contribution in [2.45, 2.75) is 56.3 Å². The molecule has 35 heavy (non-hydrogen) atoms. The summed E-state index contributed by atoms with van der Waals surface area (Å²) in [6.07, 6.45) is -3.51. The number of hydrogen-bond acceptors (Lipinski definition) is 4. The van der Waals surface area contributed by atoms with Gasteiger partial charge >= 0.3 is 12.1 Å². The summed E-state index contributed by atoms with van der Waals surface area (Å²) < 4.78 is 66.8. The van der Waals surface area contributed by atoms with Gasteiger partial charge in [-0.1, -0.05) is 29.8 Å². The van der Waals surface area contributed by atoms with Gasteiger partial charge in [-0.3, -0.25) is 4.79 Å². The average Bonchev–Trinajstić information content (AvgIpc) is 2.72. The Bertz CT molecular complexity index is 1160. The van der Waals surface area contributed by atoms with Crippen LogP contribution >= 0.6 is 11.6 Å². The molecule has 6 nitrogen and oxygen atoms in total. The molecular weight excluding hydrogens is 505 g/mol. The zero-order valence-corrected chi connectivity index (χ0v) is 21.0. The number of benzene rings is 2. The van der Waals surface area contributed by atoms with Crippen LogP contribution in [0, 0.1) is 0 Å². The molecule has 0 bridgehead atoms. The Morgan fingerprint density at radius 2 is 1.74 bits per heavy atom. The van der Waals surface area contributed by atoms with Crippen LogP contribution in [0.15, 0.2) is 47.4 Å². The maximum absolute atomic E-state index is 13.3. The van der Waals surface area contributed by atoms with Gasteiger partial charge in [0.1, 0.15) is 0 Å². The molecule has 1 N–H and O–H groups in total. The Kier molecular flexibility index (Phi) is 8.52. The van der Waals surface area contributed by atoms with Gasteiger partial charge in [0.05, 0.1) is 21.9 Å². The van der Waals surface area contributed by atoms with E-state index < -0.39 is 27.7 Å². The number of carbonyl (C=O) groups is 1. The van der Waals surface area contributed by atoms with Crippen LogP contribution in [0.2, 0.25) is 5.02 Å². The fraction of sp³-hybridized carbons (Fsp3) is 0.458. The van der Waals surface area contributed by atoms with Gasteiger partial charge in [-0.25, -0.2) is 8.42 Å². The van der Waals surface area contributed by atoms with E-state index in [1.165, 1.54) is 28.6 Å². The smallest absolute Gasteiger partial charge is 0.417 e. The number of aryl methyl sites for hydroxylation is 1. The fourth-order valence-electron chi connectivity index (χ4n) is 4.64. The van der Waals surface area contributed by atoms with E-state index in [-0.39, 0.29) is 28.4 Å². The third-order valence-electron chi connectivity index (χ3n) is 6.02. The molecule has 2 atom stereocenters. The third-order valence-corrected chi connectivity index (χ3v) is 8.46. The molecule has 3 rings (SSSR count). The number of piperazine rings is 1. The van der Waals surface area contributed by atoms with Crippen LogP contribution in [0.1, 0.15) is 37.0 Å². The molecular formula is C24H28ClF3N2O4S. The van der Waals surface area contributed by atoms with Gasteiger partial charge in [0.25, 0.3) is 0 Å². The van der Waals surface area contributed by atoms with Crippen LogP contribution < -0.4 is 0 Å². The SMILES string of the molecule is C[C@@H]1CN(CCCc2ccc(C(F)(F)F)c(Cl)c2)C[C@H](C)N1S(=O)(=O)c1cccc(CC(=O)O)c1. The Hall–Kier alpha value is -2.14. The maximum atomic E-state index is 13.3. The van der Waals surface area contributed by atoms with E-state index in [0.717, 1.165) is 6.07 Å². The van der Waals surface area contributed by atoms with Gasteiger partial charge in [-0.05, 0) is 68.6 Å². The lowest BCUT2D eigenvalue weighted by atomic mass is 10.1. The summed E-state index contributed by atoms with van der Waals surface area (Å²) in [5.74, 6) is -1.03. The summed E-state index contributed by atoms with van der Waals surface area (Å²) in [5, 5.41) is 8.69. The Labute approximate surface area is 208 Å². The predicted molar refractivity (Wildman–Crippen MR) is 127 cm³/mol. The van der Waals surface area contributed by atoms with Crippen molar-refractivity contribution in [1.29, 1.82) is 0 Å². The van der Waals surface area contributed by atoms with Gasteiger partial charge in [-0.15, -0.1) is 0 Å². The Morgan fingerprint density at radius 3 is 2.31 bits per heavy atom. The molecule has 0 radical (unpaired) electrons. The number of carboxylic acid groups (broad SMARTS) is 1. The van der Waals surface area contributed by atoms with Gasteiger partial charge in [0.2, 0.25) is 10.0 Å². The topological polar surface area (TPSA) is 77.9 Å². The number of alkyl halides is 3. The number of nitrogens with zero attached hydrogens (tertiary/aromatic N) is 2. The van der Waals surface area contributed by atoms with Crippen LogP contribution in [-0.4, -0.2) is 60.4 Å². The van der Waals surface area contributed by atoms with Crippen molar-refractivity contribution in [2.24, 2.45) is 0 Å².